The highest BCUT2D eigenvalue weighted by Crippen LogP contribution is 2.23. The van der Waals surface area contributed by atoms with Crippen molar-refractivity contribution in [1.82, 2.24) is 15.2 Å². The van der Waals surface area contributed by atoms with Gasteiger partial charge in [0, 0.05) is 47.8 Å². The quantitative estimate of drug-likeness (QED) is 0.907. The monoisotopic (exact) mass is 321 g/mol. The number of nitrogens with one attached hydrogen (secondary N) is 2. The summed E-state index contributed by atoms with van der Waals surface area (Å²) in [4.78, 5) is 5.92. The minimum atomic E-state index is 1.14. The van der Waals surface area contributed by atoms with Crippen molar-refractivity contribution in [2.24, 2.45) is 0 Å². The summed E-state index contributed by atoms with van der Waals surface area (Å²) in [6.07, 6.45) is 4.55. The van der Waals surface area contributed by atoms with Gasteiger partial charge in [0.1, 0.15) is 0 Å². The third-order valence-electron chi connectivity index (χ3n) is 3.86. The van der Waals surface area contributed by atoms with Crippen molar-refractivity contribution in [3.8, 4) is 0 Å². The average molecular weight is 322 g/mol. The number of halogens is 1. The molecule has 1 aliphatic heterocycles. The summed E-state index contributed by atoms with van der Waals surface area (Å²) in [6, 6.07) is 6.44. The van der Waals surface area contributed by atoms with Crippen LogP contribution in [0.4, 0.5) is 0 Å². The Hall–Kier alpha value is -0.840. The number of nitrogens with zero attached hydrogens (tertiary/aromatic N) is 1. The van der Waals surface area contributed by atoms with E-state index in [1.54, 1.807) is 0 Å². The summed E-state index contributed by atoms with van der Waals surface area (Å²) in [6.45, 7) is 5.88. The summed E-state index contributed by atoms with van der Waals surface area (Å²) in [5.74, 6) is 0. The van der Waals surface area contributed by atoms with Crippen LogP contribution in [0.25, 0.3) is 10.9 Å². The molecule has 3 rings (SSSR count). The van der Waals surface area contributed by atoms with Gasteiger partial charge in [-0.05, 0) is 43.1 Å². The van der Waals surface area contributed by atoms with Crippen LogP contribution in [0.5, 0.6) is 0 Å². The topological polar surface area (TPSA) is 31.1 Å². The van der Waals surface area contributed by atoms with Gasteiger partial charge in [-0.25, -0.2) is 0 Å². The second-order valence-corrected chi connectivity index (χ2v) is 6.11. The number of aryl methyl sites for hydroxylation is 1. The zero-order chi connectivity index (χ0) is 13.1. The highest BCUT2D eigenvalue weighted by Gasteiger charge is 2.09. The van der Waals surface area contributed by atoms with Crippen LogP contribution in [0, 0.1) is 0 Å². The second-order valence-electron chi connectivity index (χ2n) is 5.20. The predicted molar refractivity (Wildman–Crippen MR) is 83.6 cm³/mol. The molecule has 3 nitrogen and oxygen atoms in total. The maximum atomic E-state index is 3.55. The van der Waals surface area contributed by atoms with Crippen LogP contribution in [0.1, 0.15) is 12.0 Å². The molecule has 1 saturated heterocycles. The van der Waals surface area contributed by atoms with Crippen LogP contribution in [0.2, 0.25) is 0 Å². The normalized spacial score (nSPS) is 17.1. The van der Waals surface area contributed by atoms with E-state index in [0.717, 1.165) is 24.0 Å². The Kier molecular flexibility index (Phi) is 4.21. The van der Waals surface area contributed by atoms with Gasteiger partial charge in [-0.2, -0.15) is 0 Å². The molecule has 0 bridgehead atoms. The minimum absolute atomic E-state index is 1.14. The van der Waals surface area contributed by atoms with E-state index in [-0.39, 0.29) is 0 Å². The Balaban J connectivity index is 1.60. The predicted octanol–water partition coefficient (Wildman–Crippen LogP) is 2.77. The van der Waals surface area contributed by atoms with Crippen LogP contribution >= 0.6 is 15.9 Å². The van der Waals surface area contributed by atoms with Gasteiger partial charge in [-0.15, -0.1) is 0 Å². The highest BCUT2D eigenvalue weighted by molar-refractivity contribution is 9.10. The summed E-state index contributed by atoms with van der Waals surface area (Å²) in [5, 5.41) is 4.75. The number of aromatic amines is 1. The smallest absolute Gasteiger partial charge is 0.0457 e. The lowest BCUT2D eigenvalue weighted by Crippen LogP contribution is -2.43. The summed E-state index contributed by atoms with van der Waals surface area (Å²) < 4.78 is 1.16. The molecular formula is C15H20BrN3. The molecule has 2 heterocycles. The summed E-state index contributed by atoms with van der Waals surface area (Å²) in [7, 11) is 0. The van der Waals surface area contributed by atoms with E-state index in [2.05, 4.69) is 55.5 Å². The average Bonchev–Trinajstić information content (AvgIpc) is 2.83. The molecule has 1 aromatic heterocycles. The maximum absolute atomic E-state index is 3.55. The van der Waals surface area contributed by atoms with Crippen LogP contribution in [-0.2, 0) is 6.42 Å². The van der Waals surface area contributed by atoms with Crippen LogP contribution in [0.15, 0.2) is 28.9 Å². The molecule has 0 unspecified atom stereocenters. The first-order valence-electron chi connectivity index (χ1n) is 7.01. The Bertz CT molecular complexity index is 543. The fraction of sp³-hybridized carbons (Fsp3) is 0.467. The van der Waals surface area contributed by atoms with Crippen LogP contribution in [0.3, 0.4) is 0 Å². The standard InChI is InChI=1S/C15H20BrN3/c16-13-3-4-15-14(10-13)12(11-18-15)2-1-7-19-8-5-17-6-9-19/h3-4,10-11,17-18H,1-2,5-9H2. The Morgan fingerprint density at radius 2 is 2.05 bits per heavy atom. The van der Waals surface area contributed by atoms with Gasteiger partial charge >= 0.3 is 0 Å². The van der Waals surface area contributed by atoms with Crippen molar-refractivity contribution in [1.29, 1.82) is 0 Å². The van der Waals surface area contributed by atoms with Gasteiger partial charge in [0.25, 0.3) is 0 Å². The molecule has 102 valence electrons. The Morgan fingerprint density at radius 1 is 1.21 bits per heavy atom. The van der Waals surface area contributed by atoms with Gasteiger partial charge in [0.2, 0.25) is 0 Å². The van der Waals surface area contributed by atoms with E-state index in [4.69, 9.17) is 0 Å². The van der Waals surface area contributed by atoms with E-state index in [9.17, 15) is 0 Å². The van der Waals surface area contributed by atoms with Crippen molar-refractivity contribution in [3.63, 3.8) is 0 Å². The van der Waals surface area contributed by atoms with Crippen molar-refractivity contribution in [2.45, 2.75) is 12.8 Å². The largest absolute Gasteiger partial charge is 0.361 e. The molecule has 2 aromatic rings. The van der Waals surface area contributed by atoms with Crippen LogP contribution in [-0.4, -0.2) is 42.6 Å². The van der Waals surface area contributed by atoms with E-state index < -0.39 is 0 Å². The number of rotatable bonds is 4. The maximum Gasteiger partial charge on any atom is 0.0457 e. The molecule has 0 amide bonds. The molecule has 4 heteroatoms. The fourth-order valence-electron chi connectivity index (χ4n) is 2.79. The zero-order valence-electron chi connectivity index (χ0n) is 11.1. The number of hydrogen-bond acceptors (Lipinski definition) is 2. The molecule has 1 aliphatic rings. The van der Waals surface area contributed by atoms with E-state index in [1.807, 2.05) is 0 Å². The summed E-state index contributed by atoms with van der Waals surface area (Å²) >= 11 is 3.55. The number of piperazine rings is 1. The Morgan fingerprint density at radius 3 is 2.89 bits per heavy atom. The second kappa shape index (κ2) is 6.07. The molecule has 0 atom stereocenters. The molecule has 0 saturated carbocycles. The van der Waals surface area contributed by atoms with E-state index in [1.165, 1.54) is 42.5 Å². The van der Waals surface area contributed by atoms with Gasteiger partial charge < -0.3 is 15.2 Å². The van der Waals surface area contributed by atoms with Gasteiger partial charge in [-0.3, -0.25) is 0 Å². The van der Waals surface area contributed by atoms with Crippen molar-refractivity contribution in [3.05, 3.63) is 34.4 Å². The molecule has 0 aliphatic carbocycles. The lowest BCUT2D eigenvalue weighted by molar-refractivity contribution is 0.238. The number of fused-ring (bicyclic) bond motifs is 1. The third-order valence-corrected chi connectivity index (χ3v) is 4.35. The number of H-pyrrole nitrogens is 1. The van der Waals surface area contributed by atoms with E-state index in [0.29, 0.717) is 0 Å². The van der Waals surface area contributed by atoms with Gasteiger partial charge in [0.15, 0.2) is 0 Å². The molecule has 0 spiro atoms. The van der Waals surface area contributed by atoms with Crippen molar-refractivity contribution in [2.75, 3.05) is 32.7 Å². The van der Waals surface area contributed by atoms with Gasteiger partial charge in [0.05, 0.1) is 0 Å². The van der Waals surface area contributed by atoms with Crippen molar-refractivity contribution >= 4 is 26.8 Å². The van der Waals surface area contributed by atoms with Crippen molar-refractivity contribution < 1.29 is 0 Å². The van der Waals surface area contributed by atoms with Crippen LogP contribution < -0.4 is 5.32 Å². The number of hydrogen-bond donors (Lipinski definition) is 2. The molecule has 19 heavy (non-hydrogen) atoms. The number of benzene rings is 1. The first-order valence-corrected chi connectivity index (χ1v) is 7.81. The molecule has 0 radical (unpaired) electrons. The minimum Gasteiger partial charge on any atom is -0.361 e. The first kappa shape index (κ1) is 13.2. The zero-order valence-corrected chi connectivity index (χ0v) is 12.7. The van der Waals surface area contributed by atoms with Gasteiger partial charge in [-0.1, -0.05) is 15.9 Å². The lowest BCUT2D eigenvalue weighted by atomic mass is 10.1. The molecular weight excluding hydrogens is 302 g/mol. The SMILES string of the molecule is Brc1ccc2[nH]cc(CCCN3CCNCC3)c2c1. The highest BCUT2D eigenvalue weighted by atomic mass is 79.9. The molecule has 1 fully saturated rings. The Labute approximate surface area is 122 Å². The molecule has 2 N–H and O–H groups in total. The fourth-order valence-corrected chi connectivity index (χ4v) is 3.15. The van der Waals surface area contributed by atoms with E-state index >= 15 is 0 Å². The molecule has 1 aromatic carbocycles. The number of aromatic nitrogens is 1. The lowest BCUT2D eigenvalue weighted by Gasteiger charge is -2.26. The summed E-state index contributed by atoms with van der Waals surface area (Å²) in [5.41, 5.74) is 2.67. The first-order chi connectivity index (χ1) is 9.33. The third kappa shape index (κ3) is 3.19.